The van der Waals surface area contributed by atoms with Crippen molar-refractivity contribution in [2.24, 2.45) is 0 Å². The second kappa shape index (κ2) is 40.9. The van der Waals surface area contributed by atoms with Crippen LogP contribution in [0.4, 0.5) is 0 Å². The number of nitrogens with one attached hydrogen (secondary N) is 2. The van der Waals surface area contributed by atoms with E-state index in [2.05, 4.69) is 52.7 Å². The summed E-state index contributed by atoms with van der Waals surface area (Å²) in [5.41, 5.74) is -0.0295. The molecule has 0 saturated heterocycles. The number of carbonyl (C=O) groups excluding carboxylic acids is 3. The molecule has 10 nitrogen and oxygen atoms in total. The van der Waals surface area contributed by atoms with Gasteiger partial charge in [-0.3, -0.25) is 9.59 Å². The minimum absolute atomic E-state index is 0.0456. The minimum Gasteiger partial charge on any atom is -0.478 e. The van der Waals surface area contributed by atoms with Gasteiger partial charge < -0.3 is 29.4 Å². The van der Waals surface area contributed by atoms with Gasteiger partial charge in [0.05, 0.1) is 52.4 Å². The van der Waals surface area contributed by atoms with Crippen LogP contribution in [-0.2, 0) is 14.3 Å². The van der Waals surface area contributed by atoms with Crippen LogP contribution < -0.4 is 10.6 Å². The Labute approximate surface area is 412 Å². The summed E-state index contributed by atoms with van der Waals surface area (Å²) in [6.45, 7) is 8.36. The highest BCUT2D eigenvalue weighted by atomic mass is 16.5. The molecule has 0 atom stereocenters. The molecule has 2 amide bonds. The molecule has 1 aromatic carbocycles. The second-order valence-electron chi connectivity index (χ2n) is 21.4. The average Bonchev–Trinajstić information content (AvgIpc) is 3.28. The van der Waals surface area contributed by atoms with E-state index in [1.807, 2.05) is 0 Å². The lowest BCUT2D eigenvalue weighted by atomic mass is 10.0. The van der Waals surface area contributed by atoms with Crippen LogP contribution in [-0.4, -0.2) is 111 Å². The van der Waals surface area contributed by atoms with E-state index in [9.17, 15) is 24.3 Å². The van der Waals surface area contributed by atoms with Crippen LogP contribution in [0.1, 0.15) is 253 Å². The van der Waals surface area contributed by atoms with E-state index in [0.717, 1.165) is 51.6 Å². The smallest absolute Gasteiger partial charge is 0.339 e. The number of aromatic carboxylic acids is 1. The van der Waals surface area contributed by atoms with Crippen molar-refractivity contribution in [1.29, 1.82) is 0 Å². The van der Waals surface area contributed by atoms with Gasteiger partial charge >= 0.3 is 11.9 Å². The van der Waals surface area contributed by atoms with E-state index < -0.39 is 18.0 Å². The average molecular weight is 943 g/mol. The predicted molar refractivity (Wildman–Crippen MR) is 281 cm³/mol. The van der Waals surface area contributed by atoms with Crippen molar-refractivity contribution < 1.29 is 38.0 Å². The topological polar surface area (TPSA) is 122 Å². The molecule has 1 rings (SSSR count). The number of ether oxygens (including phenoxy) is 1. The molecule has 0 bridgehead atoms. The number of unbranched alkanes of at least 4 members (excludes halogenated alkanes) is 28. The Hall–Kier alpha value is -2.98. The van der Waals surface area contributed by atoms with Gasteiger partial charge in [0.25, 0.3) is 0 Å². The number of quaternary nitrogens is 2. The summed E-state index contributed by atoms with van der Waals surface area (Å²) in [4.78, 5) is 50.7. The van der Waals surface area contributed by atoms with Crippen molar-refractivity contribution >= 4 is 23.8 Å². The first-order valence-corrected chi connectivity index (χ1v) is 28.0. The molecule has 0 spiro atoms. The summed E-state index contributed by atoms with van der Waals surface area (Å²) in [6, 6.07) is 6.19. The Morgan fingerprint density at radius 1 is 0.463 bits per heavy atom. The number of likely N-dealkylation sites (N-methyl/N-ethyl adjacent to an activating group) is 2. The Balaban J connectivity index is 2.42. The van der Waals surface area contributed by atoms with Crippen molar-refractivity contribution in [3.8, 4) is 0 Å². The van der Waals surface area contributed by atoms with Crippen molar-refractivity contribution in [3.63, 3.8) is 0 Å². The SMILES string of the molecule is CCCCCCCCCCCCCCCCCC(=O)NCCC[N+](C)(C)CC(C[N+](C)(C)CCCNC(=O)CCCCCCCCCCCCCCCCC)OC(=O)c1ccccc1C(=O)O. The van der Waals surface area contributed by atoms with Crippen LogP contribution in [0.2, 0.25) is 0 Å². The molecule has 0 unspecified atom stereocenters. The number of nitrogens with zero attached hydrogens (tertiary/aromatic N) is 2. The van der Waals surface area contributed by atoms with Gasteiger partial charge in [-0.2, -0.15) is 0 Å². The highest BCUT2D eigenvalue weighted by Crippen LogP contribution is 2.18. The number of carboxylic acids is 1. The monoisotopic (exact) mass is 943 g/mol. The fourth-order valence-electron chi connectivity index (χ4n) is 9.44. The third-order valence-electron chi connectivity index (χ3n) is 13.6. The highest BCUT2D eigenvalue weighted by Gasteiger charge is 2.32. The van der Waals surface area contributed by atoms with E-state index in [-0.39, 0.29) is 22.9 Å². The molecule has 3 N–H and O–H groups in total. The van der Waals surface area contributed by atoms with Crippen molar-refractivity contribution in [2.45, 2.75) is 238 Å². The molecule has 0 aromatic heterocycles. The van der Waals surface area contributed by atoms with Gasteiger partial charge in [0, 0.05) is 38.8 Å². The zero-order valence-corrected chi connectivity index (χ0v) is 44.6. The van der Waals surface area contributed by atoms with E-state index in [1.165, 1.54) is 179 Å². The van der Waals surface area contributed by atoms with Gasteiger partial charge in [-0.05, 0) is 25.0 Å². The van der Waals surface area contributed by atoms with Crippen LogP contribution >= 0.6 is 0 Å². The number of rotatable bonds is 47. The van der Waals surface area contributed by atoms with Gasteiger partial charge in [0.1, 0.15) is 13.1 Å². The Bertz CT molecular complexity index is 1330. The molecule has 0 radical (unpaired) electrons. The Morgan fingerprint density at radius 2 is 0.761 bits per heavy atom. The molecule has 1 aromatic rings. The fraction of sp³-hybridized carbons (Fsp3) is 0.825. The molecule has 0 fully saturated rings. The number of carboxylic acid groups (broad SMARTS) is 1. The molecule has 0 aliphatic carbocycles. The number of hydrogen-bond acceptors (Lipinski definition) is 5. The number of amides is 2. The van der Waals surface area contributed by atoms with Crippen molar-refractivity contribution in [2.75, 3.05) is 67.5 Å². The third-order valence-corrected chi connectivity index (χ3v) is 13.6. The normalized spacial score (nSPS) is 11.9. The largest absolute Gasteiger partial charge is 0.478 e. The Kier molecular flexibility index (Phi) is 37.8. The number of hydrogen-bond donors (Lipinski definition) is 3. The van der Waals surface area contributed by atoms with Crippen molar-refractivity contribution in [3.05, 3.63) is 35.4 Å². The van der Waals surface area contributed by atoms with E-state index >= 15 is 0 Å². The summed E-state index contributed by atoms with van der Waals surface area (Å²) < 4.78 is 7.30. The molecular formula is C57H106N4O6+2. The fourth-order valence-corrected chi connectivity index (χ4v) is 9.44. The van der Waals surface area contributed by atoms with Crippen LogP contribution in [0.3, 0.4) is 0 Å². The quantitative estimate of drug-likeness (QED) is 0.0340. The number of esters is 1. The lowest BCUT2D eigenvalue weighted by molar-refractivity contribution is -0.914. The summed E-state index contributed by atoms with van der Waals surface area (Å²) in [7, 11) is 8.44. The van der Waals surface area contributed by atoms with E-state index in [4.69, 9.17) is 4.74 Å². The second-order valence-corrected chi connectivity index (χ2v) is 21.4. The predicted octanol–water partition coefficient (Wildman–Crippen LogP) is 13.6. The maximum Gasteiger partial charge on any atom is 0.339 e. The van der Waals surface area contributed by atoms with Crippen LogP contribution in [0.5, 0.6) is 0 Å². The third kappa shape index (κ3) is 36.6. The first-order chi connectivity index (χ1) is 32.3. The maximum absolute atomic E-state index is 13.5. The first kappa shape index (κ1) is 62.0. The van der Waals surface area contributed by atoms with Gasteiger partial charge in [0.15, 0.2) is 6.10 Å². The van der Waals surface area contributed by atoms with Gasteiger partial charge in [-0.15, -0.1) is 0 Å². The van der Waals surface area contributed by atoms with Crippen LogP contribution in [0.15, 0.2) is 24.3 Å². The lowest BCUT2D eigenvalue weighted by Crippen LogP contribution is -2.54. The molecule has 67 heavy (non-hydrogen) atoms. The Morgan fingerprint density at radius 3 is 1.07 bits per heavy atom. The molecular weight excluding hydrogens is 837 g/mol. The van der Waals surface area contributed by atoms with E-state index in [0.29, 0.717) is 48.0 Å². The summed E-state index contributed by atoms with van der Waals surface area (Å²) in [6.07, 6.45) is 41.4. The summed E-state index contributed by atoms with van der Waals surface area (Å²) >= 11 is 0. The molecule has 0 aliphatic rings. The standard InChI is InChI=1S/C57H104N4O6/c1-7-9-11-13-15-17-19-21-23-25-27-29-31-33-35-43-54(62)58-45-39-47-60(3,4)49-51(67-57(66)53-42-38-37-41-52(53)56(64)65)50-61(5,6)48-40-46-59-55(63)44-36-34-32-30-28-26-24-22-20-18-16-14-12-10-8-2/h37-38,41-42,51H,7-36,39-40,43-50H2,1-6H3,(H-2,58,59,62,63,64,65)/p+2. The van der Waals surface area contributed by atoms with Crippen LogP contribution in [0.25, 0.3) is 0 Å². The molecule has 0 aliphatic heterocycles. The highest BCUT2D eigenvalue weighted by molar-refractivity contribution is 6.02. The van der Waals surface area contributed by atoms with Crippen LogP contribution in [0, 0.1) is 0 Å². The van der Waals surface area contributed by atoms with Crippen molar-refractivity contribution in [1.82, 2.24) is 10.6 Å². The van der Waals surface area contributed by atoms with E-state index in [1.54, 1.807) is 12.1 Å². The molecule has 10 heteroatoms. The minimum atomic E-state index is -1.17. The van der Waals surface area contributed by atoms with Gasteiger partial charge in [-0.25, -0.2) is 9.59 Å². The zero-order chi connectivity index (χ0) is 49.3. The zero-order valence-electron chi connectivity index (χ0n) is 44.6. The maximum atomic E-state index is 13.5. The molecule has 0 heterocycles. The summed E-state index contributed by atoms with van der Waals surface area (Å²) in [5, 5.41) is 16.0. The number of carbonyl (C=O) groups is 4. The lowest BCUT2D eigenvalue weighted by Gasteiger charge is -2.37. The van der Waals surface area contributed by atoms with Gasteiger partial charge in [-0.1, -0.05) is 206 Å². The molecule has 0 saturated carbocycles. The number of benzene rings is 1. The first-order valence-electron chi connectivity index (χ1n) is 28.0. The summed E-state index contributed by atoms with van der Waals surface area (Å²) in [5.74, 6) is -1.58. The molecule has 388 valence electrons. The van der Waals surface area contributed by atoms with Gasteiger partial charge in [0.2, 0.25) is 11.8 Å².